The first kappa shape index (κ1) is 16.7. The SMILES string of the molecule is Cc1nc2ncnn2c(C)c1CCC(=O)NC1(C(=O)O)CCSC1. The van der Waals surface area contributed by atoms with Gasteiger partial charge < -0.3 is 10.4 Å². The number of aryl methyl sites for hydroxylation is 2. The minimum atomic E-state index is -1.13. The predicted octanol–water partition coefficient (Wildman–Crippen LogP) is 0.750. The lowest BCUT2D eigenvalue weighted by atomic mass is 9.98. The molecule has 0 bridgehead atoms. The Bertz CT molecular complexity index is 798. The van der Waals surface area contributed by atoms with Crippen LogP contribution in [0, 0.1) is 13.8 Å². The number of hydrogen-bond donors (Lipinski definition) is 2. The summed E-state index contributed by atoms with van der Waals surface area (Å²) in [5.74, 6) is 0.485. The molecule has 24 heavy (non-hydrogen) atoms. The van der Waals surface area contributed by atoms with Crippen LogP contribution in [0.5, 0.6) is 0 Å². The van der Waals surface area contributed by atoms with Crippen molar-refractivity contribution in [2.75, 3.05) is 11.5 Å². The van der Waals surface area contributed by atoms with E-state index in [9.17, 15) is 14.7 Å². The van der Waals surface area contributed by atoms with Crippen molar-refractivity contribution in [3.63, 3.8) is 0 Å². The van der Waals surface area contributed by atoms with Crippen molar-refractivity contribution >= 4 is 29.4 Å². The Labute approximate surface area is 143 Å². The first-order valence-corrected chi connectivity index (χ1v) is 8.86. The van der Waals surface area contributed by atoms with Crippen LogP contribution in [0.25, 0.3) is 5.78 Å². The highest BCUT2D eigenvalue weighted by Gasteiger charge is 2.43. The van der Waals surface area contributed by atoms with Gasteiger partial charge in [0.1, 0.15) is 11.9 Å². The van der Waals surface area contributed by atoms with Crippen LogP contribution >= 0.6 is 11.8 Å². The summed E-state index contributed by atoms with van der Waals surface area (Å²) >= 11 is 1.55. The molecule has 128 valence electrons. The van der Waals surface area contributed by atoms with Crippen molar-refractivity contribution < 1.29 is 14.7 Å². The maximum absolute atomic E-state index is 12.3. The monoisotopic (exact) mass is 349 g/mol. The number of carbonyl (C=O) groups is 2. The number of nitrogens with one attached hydrogen (secondary N) is 1. The minimum Gasteiger partial charge on any atom is -0.479 e. The summed E-state index contributed by atoms with van der Waals surface area (Å²) in [6.07, 6.45) is 2.60. The summed E-state index contributed by atoms with van der Waals surface area (Å²) in [4.78, 5) is 32.2. The van der Waals surface area contributed by atoms with E-state index in [0.717, 1.165) is 22.7 Å². The van der Waals surface area contributed by atoms with E-state index in [4.69, 9.17) is 0 Å². The van der Waals surface area contributed by atoms with Crippen molar-refractivity contribution in [1.82, 2.24) is 24.9 Å². The van der Waals surface area contributed by atoms with Crippen LogP contribution in [0.2, 0.25) is 0 Å². The second-order valence-electron chi connectivity index (χ2n) is 5.97. The molecule has 1 aliphatic heterocycles. The molecule has 0 aromatic carbocycles. The fourth-order valence-corrected chi connectivity index (χ4v) is 4.30. The Balaban J connectivity index is 1.71. The van der Waals surface area contributed by atoms with E-state index in [1.807, 2.05) is 13.8 Å². The normalized spacial score (nSPS) is 20.4. The molecular weight excluding hydrogens is 330 g/mol. The first-order chi connectivity index (χ1) is 11.4. The van der Waals surface area contributed by atoms with Crippen molar-refractivity contribution in [3.05, 3.63) is 23.3 Å². The van der Waals surface area contributed by atoms with Gasteiger partial charge in [0.05, 0.1) is 0 Å². The number of fused-ring (bicyclic) bond motifs is 1. The van der Waals surface area contributed by atoms with Gasteiger partial charge in [-0.2, -0.15) is 21.8 Å². The molecule has 0 aliphatic carbocycles. The zero-order valence-electron chi connectivity index (χ0n) is 13.6. The van der Waals surface area contributed by atoms with Gasteiger partial charge >= 0.3 is 5.97 Å². The fraction of sp³-hybridized carbons (Fsp3) is 0.533. The zero-order chi connectivity index (χ0) is 17.3. The number of carboxylic acids is 1. The molecule has 2 N–H and O–H groups in total. The standard InChI is InChI=1S/C15H19N5O3S/c1-9-11(10(2)20-14(18-9)16-8-17-20)3-4-12(21)19-15(13(22)23)5-6-24-7-15/h8H,3-7H2,1-2H3,(H,19,21)(H,22,23). The van der Waals surface area contributed by atoms with E-state index in [0.29, 0.717) is 24.4 Å². The van der Waals surface area contributed by atoms with Gasteiger partial charge in [0, 0.05) is 23.6 Å². The Morgan fingerprint density at radius 1 is 1.46 bits per heavy atom. The summed E-state index contributed by atoms with van der Waals surface area (Å²) in [6, 6.07) is 0. The predicted molar refractivity (Wildman–Crippen MR) is 89.0 cm³/mol. The van der Waals surface area contributed by atoms with Crippen molar-refractivity contribution in [1.29, 1.82) is 0 Å². The second kappa shape index (κ2) is 6.39. The van der Waals surface area contributed by atoms with Crippen LogP contribution in [-0.2, 0) is 16.0 Å². The van der Waals surface area contributed by atoms with Crippen LogP contribution in [0.4, 0.5) is 0 Å². The maximum Gasteiger partial charge on any atom is 0.330 e. The third kappa shape index (κ3) is 2.95. The number of carbonyl (C=O) groups excluding carboxylic acids is 1. The van der Waals surface area contributed by atoms with E-state index >= 15 is 0 Å². The summed E-state index contributed by atoms with van der Waals surface area (Å²) < 4.78 is 1.65. The van der Waals surface area contributed by atoms with Gasteiger partial charge in [-0.25, -0.2) is 14.3 Å². The molecule has 1 fully saturated rings. The van der Waals surface area contributed by atoms with Crippen LogP contribution in [0.15, 0.2) is 6.33 Å². The Hall–Kier alpha value is -2.16. The van der Waals surface area contributed by atoms with E-state index < -0.39 is 11.5 Å². The van der Waals surface area contributed by atoms with Crippen LogP contribution < -0.4 is 5.32 Å². The molecule has 3 rings (SSSR count). The summed E-state index contributed by atoms with van der Waals surface area (Å²) in [7, 11) is 0. The molecular formula is C15H19N5O3S. The number of rotatable bonds is 5. The molecule has 9 heteroatoms. The van der Waals surface area contributed by atoms with Gasteiger partial charge in [-0.1, -0.05) is 0 Å². The smallest absolute Gasteiger partial charge is 0.330 e. The maximum atomic E-state index is 12.3. The first-order valence-electron chi connectivity index (χ1n) is 7.71. The van der Waals surface area contributed by atoms with Crippen LogP contribution in [-0.4, -0.2) is 53.6 Å². The number of thioether (sulfide) groups is 1. The number of nitrogens with zero attached hydrogens (tertiary/aromatic N) is 4. The lowest BCUT2D eigenvalue weighted by Gasteiger charge is -2.24. The van der Waals surface area contributed by atoms with E-state index in [1.165, 1.54) is 6.33 Å². The van der Waals surface area contributed by atoms with Gasteiger partial charge in [0.15, 0.2) is 0 Å². The molecule has 1 unspecified atom stereocenters. The number of aliphatic carboxylic acids is 1. The third-order valence-corrected chi connectivity index (χ3v) is 5.59. The molecule has 3 heterocycles. The molecule has 0 spiro atoms. The molecule has 1 amide bonds. The van der Waals surface area contributed by atoms with Crippen LogP contribution in [0.1, 0.15) is 29.8 Å². The second-order valence-corrected chi connectivity index (χ2v) is 7.08. The summed E-state index contributed by atoms with van der Waals surface area (Å²) in [6.45, 7) is 3.79. The summed E-state index contributed by atoms with van der Waals surface area (Å²) in [5, 5.41) is 16.3. The molecule has 1 atom stereocenters. The van der Waals surface area contributed by atoms with E-state index in [1.54, 1.807) is 16.3 Å². The molecule has 2 aromatic rings. The van der Waals surface area contributed by atoms with Gasteiger partial charge in [0.2, 0.25) is 5.91 Å². The minimum absolute atomic E-state index is 0.212. The van der Waals surface area contributed by atoms with E-state index in [-0.39, 0.29) is 12.3 Å². The highest BCUT2D eigenvalue weighted by molar-refractivity contribution is 7.99. The number of hydrogen-bond acceptors (Lipinski definition) is 6. The molecule has 8 nitrogen and oxygen atoms in total. The average Bonchev–Trinajstić information content (AvgIpc) is 3.16. The van der Waals surface area contributed by atoms with Gasteiger partial charge in [-0.3, -0.25) is 4.79 Å². The van der Waals surface area contributed by atoms with Crippen molar-refractivity contribution in [2.24, 2.45) is 0 Å². The number of aromatic nitrogens is 4. The number of amides is 1. The van der Waals surface area contributed by atoms with E-state index in [2.05, 4.69) is 20.4 Å². The molecule has 2 aromatic heterocycles. The van der Waals surface area contributed by atoms with Crippen LogP contribution in [0.3, 0.4) is 0 Å². The lowest BCUT2D eigenvalue weighted by Crippen LogP contribution is -2.54. The molecule has 1 aliphatic rings. The zero-order valence-corrected chi connectivity index (χ0v) is 14.4. The van der Waals surface area contributed by atoms with Gasteiger partial charge in [-0.15, -0.1) is 0 Å². The quantitative estimate of drug-likeness (QED) is 0.819. The average molecular weight is 349 g/mol. The van der Waals surface area contributed by atoms with Crippen molar-refractivity contribution in [2.45, 2.75) is 38.6 Å². The van der Waals surface area contributed by atoms with Gasteiger partial charge in [-0.05, 0) is 38.0 Å². The molecule has 0 saturated carbocycles. The third-order valence-electron chi connectivity index (χ3n) is 4.40. The highest BCUT2D eigenvalue weighted by atomic mass is 32.2. The highest BCUT2D eigenvalue weighted by Crippen LogP contribution is 2.28. The Morgan fingerprint density at radius 2 is 2.25 bits per heavy atom. The molecule has 1 saturated heterocycles. The lowest BCUT2D eigenvalue weighted by molar-refractivity contribution is -0.146. The Kier molecular flexibility index (Phi) is 4.44. The summed E-state index contributed by atoms with van der Waals surface area (Å²) in [5.41, 5.74) is 1.52. The number of carboxylic acid groups (broad SMARTS) is 1. The molecule has 0 radical (unpaired) electrons. The fourth-order valence-electron chi connectivity index (χ4n) is 2.97. The Morgan fingerprint density at radius 3 is 2.92 bits per heavy atom. The van der Waals surface area contributed by atoms with Crippen molar-refractivity contribution in [3.8, 4) is 0 Å². The largest absolute Gasteiger partial charge is 0.479 e. The van der Waals surface area contributed by atoms with Gasteiger partial charge in [0.25, 0.3) is 5.78 Å². The topological polar surface area (TPSA) is 109 Å².